The lowest BCUT2D eigenvalue weighted by Crippen LogP contribution is -1.76. The minimum absolute atomic E-state index is 0.215. The van der Waals surface area contributed by atoms with Crippen molar-refractivity contribution in [2.24, 2.45) is 16.0 Å². The predicted molar refractivity (Wildman–Crippen MR) is 71.9 cm³/mol. The monoisotopic (exact) mass is 239 g/mol. The Labute approximate surface area is 105 Å². The first-order valence-electron chi connectivity index (χ1n) is 5.47. The Kier molecular flexibility index (Phi) is 3.71. The molecule has 2 aromatic carbocycles. The lowest BCUT2D eigenvalue weighted by Gasteiger charge is -1.95. The van der Waals surface area contributed by atoms with Crippen molar-refractivity contribution in [2.75, 3.05) is 0 Å². The Morgan fingerprint density at radius 1 is 0.833 bits per heavy atom. The van der Waals surface area contributed by atoms with Gasteiger partial charge >= 0.3 is 0 Å². The van der Waals surface area contributed by atoms with Crippen molar-refractivity contribution < 1.29 is 5.11 Å². The molecule has 90 valence electrons. The van der Waals surface area contributed by atoms with Gasteiger partial charge in [-0.25, -0.2) is 0 Å². The molecule has 0 radical (unpaired) electrons. The topological polar surface area (TPSA) is 71.0 Å². The van der Waals surface area contributed by atoms with Crippen molar-refractivity contribution in [2.45, 2.75) is 0 Å². The summed E-state index contributed by atoms with van der Waals surface area (Å²) in [4.78, 5) is 0. The highest BCUT2D eigenvalue weighted by molar-refractivity contribution is 5.52. The van der Waals surface area contributed by atoms with E-state index in [1.165, 1.54) is 6.20 Å². The summed E-state index contributed by atoms with van der Waals surface area (Å²) in [6.07, 6.45) is 3.30. The molecule has 4 nitrogen and oxygen atoms in total. The van der Waals surface area contributed by atoms with Gasteiger partial charge in [-0.3, -0.25) is 0 Å². The second-order valence-corrected chi connectivity index (χ2v) is 3.67. The fourth-order valence-corrected chi connectivity index (χ4v) is 1.40. The average molecular weight is 239 g/mol. The summed E-state index contributed by atoms with van der Waals surface area (Å²) >= 11 is 0. The van der Waals surface area contributed by atoms with Crippen LogP contribution in [0.3, 0.4) is 0 Å². The third-order valence-electron chi connectivity index (χ3n) is 2.31. The van der Waals surface area contributed by atoms with E-state index < -0.39 is 0 Å². The maximum Gasteiger partial charge on any atom is 0.115 e. The molecule has 18 heavy (non-hydrogen) atoms. The molecule has 0 aliphatic carbocycles. The van der Waals surface area contributed by atoms with E-state index >= 15 is 0 Å². The number of hydrogen-bond acceptors (Lipinski definition) is 4. The van der Waals surface area contributed by atoms with E-state index in [1.54, 1.807) is 30.3 Å². The molecule has 2 rings (SSSR count). The standard InChI is InChI=1S/C14H13N3O/c15-10-9-11-1-3-12(4-2-11)16-17-13-5-7-14(18)8-6-13/h1-10,18H,15H2. The third kappa shape index (κ3) is 3.18. The third-order valence-corrected chi connectivity index (χ3v) is 2.31. The van der Waals surface area contributed by atoms with Crippen molar-refractivity contribution in [3.8, 4) is 5.75 Å². The molecule has 4 heteroatoms. The quantitative estimate of drug-likeness (QED) is 0.801. The Morgan fingerprint density at radius 2 is 1.33 bits per heavy atom. The van der Waals surface area contributed by atoms with E-state index in [0.717, 1.165) is 11.3 Å². The maximum absolute atomic E-state index is 9.13. The lowest BCUT2D eigenvalue weighted by molar-refractivity contribution is 0.475. The highest BCUT2D eigenvalue weighted by Crippen LogP contribution is 2.20. The second kappa shape index (κ2) is 5.63. The van der Waals surface area contributed by atoms with Crippen LogP contribution in [-0.4, -0.2) is 5.11 Å². The van der Waals surface area contributed by atoms with Crippen molar-refractivity contribution in [3.63, 3.8) is 0 Å². The number of hydrogen-bond donors (Lipinski definition) is 2. The molecule has 0 fully saturated rings. The molecule has 0 saturated carbocycles. The highest BCUT2D eigenvalue weighted by Gasteiger charge is 1.92. The number of benzene rings is 2. The number of nitrogens with zero attached hydrogens (tertiary/aromatic N) is 2. The molecule has 0 atom stereocenters. The van der Waals surface area contributed by atoms with E-state index in [1.807, 2.05) is 24.3 Å². The van der Waals surface area contributed by atoms with Gasteiger partial charge in [-0.2, -0.15) is 10.2 Å². The van der Waals surface area contributed by atoms with Gasteiger partial charge in [-0.05, 0) is 54.2 Å². The van der Waals surface area contributed by atoms with Gasteiger partial charge in [0.25, 0.3) is 0 Å². The van der Waals surface area contributed by atoms with E-state index in [0.29, 0.717) is 5.69 Å². The van der Waals surface area contributed by atoms with Crippen LogP contribution in [0.25, 0.3) is 6.08 Å². The van der Waals surface area contributed by atoms with Crippen molar-refractivity contribution in [1.29, 1.82) is 0 Å². The summed E-state index contributed by atoms with van der Waals surface area (Å²) in [6, 6.07) is 14.1. The van der Waals surface area contributed by atoms with Gasteiger partial charge < -0.3 is 10.8 Å². The molecule has 0 aromatic heterocycles. The number of rotatable bonds is 3. The minimum atomic E-state index is 0.215. The molecule has 0 unspecified atom stereocenters. The molecule has 0 spiro atoms. The normalized spacial score (nSPS) is 11.3. The number of nitrogens with two attached hydrogens (primary N) is 1. The zero-order valence-electron chi connectivity index (χ0n) is 9.69. The van der Waals surface area contributed by atoms with Crippen molar-refractivity contribution in [1.82, 2.24) is 0 Å². The van der Waals surface area contributed by atoms with E-state index in [-0.39, 0.29) is 5.75 Å². The van der Waals surface area contributed by atoms with Crippen LogP contribution < -0.4 is 5.73 Å². The molecule has 0 bridgehead atoms. The van der Waals surface area contributed by atoms with Crippen LogP contribution in [0.5, 0.6) is 5.75 Å². The first-order valence-corrected chi connectivity index (χ1v) is 5.47. The summed E-state index contributed by atoms with van der Waals surface area (Å²) in [5.74, 6) is 0.215. The van der Waals surface area contributed by atoms with Gasteiger partial charge in [-0.1, -0.05) is 12.1 Å². The zero-order chi connectivity index (χ0) is 12.8. The van der Waals surface area contributed by atoms with Crippen LogP contribution in [0.2, 0.25) is 0 Å². The molecular formula is C14H13N3O. The molecule has 3 N–H and O–H groups in total. The molecule has 0 amide bonds. The van der Waals surface area contributed by atoms with Crippen LogP contribution in [0.15, 0.2) is 65.0 Å². The SMILES string of the molecule is NC=Cc1ccc(N=Nc2ccc(O)cc2)cc1. The molecular weight excluding hydrogens is 226 g/mol. The van der Waals surface area contributed by atoms with Gasteiger partial charge in [0.2, 0.25) is 0 Å². The van der Waals surface area contributed by atoms with E-state index in [4.69, 9.17) is 10.8 Å². The Bertz CT molecular complexity index is 557. The fourth-order valence-electron chi connectivity index (χ4n) is 1.40. The smallest absolute Gasteiger partial charge is 0.115 e. The van der Waals surface area contributed by atoms with Crippen molar-refractivity contribution in [3.05, 3.63) is 60.3 Å². The first kappa shape index (κ1) is 11.9. The molecule has 0 aliphatic heterocycles. The maximum atomic E-state index is 9.13. The van der Waals surface area contributed by atoms with Crippen LogP contribution >= 0.6 is 0 Å². The Hall–Kier alpha value is -2.62. The predicted octanol–water partition coefficient (Wildman–Crippen LogP) is 3.74. The summed E-state index contributed by atoms with van der Waals surface area (Å²) in [6.45, 7) is 0. The van der Waals surface area contributed by atoms with Crippen molar-refractivity contribution >= 4 is 17.5 Å². The zero-order valence-corrected chi connectivity index (χ0v) is 9.69. The summed E-state index contributed by atoms with van der Waals surface area (Å²) in [7, 11) is 0. The highest BCUT2D eigenvalue weighted by atomic mass is 16.3. The molecule has 2 aromatic rings. The number of azo groups is 1. The average Bonchev–Trinajstić information content (AvgIpc) is 2.40. The number of aromatic hydroxyl groups is 1. The van der Waals surface area contributed by atoms with Gasteiger partial charge in [0, 0.05) is 0 Å². The van der Waals surface area contributed by atoms with E-state index in [2.05, 4.69) is 10.2 Å². The Morgan fingerprint density at radius 3 is 1.83 bits per heavy atom. The summed E-state index contributed by atoms with van der Waals surface area (Å²) in [5, 5.41) is 17.3. The molecule has 0 aliphatic rings. The summed E-state index contributed by atoms with van der Waals surface area (Å²) < 4.78 is 0. The number of phenolic OH excluding ortho intramolecular Hbond substituents is 1. The van der Waals surface area contributed by atoms with Crippen LogP contribution in [-0.2, 0) is 0 Å². The van der Waals surface area contributed by atoms with Gasteiger partial charge in [0.1, 0.15) is 5.75 Å². The van der Waals surface area contributed by atoms with Crippen LogP contribution in [0, 0.1) is 0 Å². The lowest BCUT2D eigenvalue weighted by atomic mass is 10.2. The number of phenols is 1. The van der Waals surface area contributed by atoms with Gasteiger partial charge in [0.15, 0.2) is 0 Å². The van der Waals surface area contributed by atoms with Gasteiger partial charge in [-0.15, -0.1) is 0 Å². The van der Waals surface area contributed by atoms with Gasteiger partial charge in [0.05, 0.1) is 11.4 Å². The van der Waals surface area contributed by atoms with E-state index in [9.17, 15) is 0 Å². The first-order chi connectivity index (χ1) is 8.78. The minimum Gasteiger partial charge on any atom is -0.508 e. The van der Waals surface area contributed by atoms with Crippen LogP contribution in [0.1, 0.15) is 5.56 Å². The second-order valence-electron chi connectivity index (χ2n) is 3.67. The summed E-state index contributed by atoms with van der Waals surface area (Å²) in [5.41, 5.74) is 7.77. The fraction of sp³-hybridized carbons (Fsp3) is 0. The largest absolute Gasteiger partial charge is 0.508 e. The molecule has 0 saturated heterocycles. The Balaban J connectivity index is 2.11. The van der Waals surface area contributed by atoms with Crippen LogP contribution in [0.4, 0.5) is 11.4 Å². The molecule has 0 heterocycles.